The molecule has 7 nitrogen and oxygen atoms in total. The Morgan fingerprint density at radius 1 is 0.509 bits per heavy atom. The van der Waals surface area contributed by atoms with Crippen LogP contribution in [0.1, 0.15) is 117 Å². The molecule has 0 aromatic heterocycles. The van der Waals surface area contributed by atoms with Gasteiger partial charge in [-0.3, -0.25) is 4.99 Å². The molecule has 5 rings (SSSR count). The largest absolute Gasteiger partial charge is 0.494 e. The van der Waals surface area contributed by atoms with Gasteiger partial charge in [-0.2, -0.15) is 0 Å². The lowest BCUT2D eigenvalue weighted by Gasteiger charge is -2.09. The predicted molar refractivity (Wildman–Crippen MR) is 231 cm³/mol. The third-order valence-electron chi connectivity index (χ3n) is 9.50. The van der Waals surface area contributed by atoms with Crippen LogP contribution in [0.5, 0.6) is 23.0 Å². The van der Waals surface area contributed by atoms with E-state index in [2.05, 4.69) is 18.8 Å². The van der Waals surface area contributed by atoms with Gasteiger partial charge < -0.3 is 18.9 Å². The Morgan fingerprint density at radius 2 is 0.930 bits per heavy atom. The number of benzene rings is 5. The van der Waals surface area contributed by atoms with Crippen LogP contribution in [0.15, 0.2) is 120 Å². The summed E-state index contributed by atoms with van der Waals surface area (Å²) < 4.78 is 23.0. The van der Waals surface area contributed by atoms with Gasteiger partial charge in [0.05, 0.1) is 35.1 Å². The van der Waals surface area contributed by atoms with Gasteiger partial charge in [0.15, 0.2) is 0 Å². The Bertz CT molecular complexity index is 1990. The minimum absolute atomic E-state index is 0.317. The highest BCUT2D eigenvalue weighted by atomic mass is 35.5. The maximum Gasteiger partial charge on any atom is 0.343 e. The third kappa shape index (κ3) is 14.6. The van der Waals surface area contributed by atoms with Crippen LogP contribution in [-0.2, 0) is 0 Å². The number of carbonyl (C=O) groups excluding carboxylic acids is 2. The van der Waals surface area contributed by atoms with Crippen molar-refractivity contribution < 1.29 is 28.5 Å². The molecule has 0 fully saturated rings. The molecule has 0 aliphatic carbocycles. The smallest absolute Gasteiger partial charge is 0.343 e. The van der Waals surface area contributed by atoms with E-state index >= 15 is 0 Å². The third-order valence-corrected chi connectivity index (χ3v) is 9.82. The number of hydrogen-bond donors (Lipinski definition) is 0. The molecule has 0 unspecified atom stereocenters. The van der Waals surface area contributed by atoms with Gasteiger partial charge in [-0.05, 0) is 114 Å². The topological polar surface area (TPSA) is 83.4 Å². The first kappa shape index (κ1) is 42.7. The summed E-state index contributed by atoms with van der Waals surface area (Å²) >= 11 is 6.43. The molecule has 0 heterocycles. The first-order valence-electron chi connectivity index (χ1n) is 20.4. The Labute approximate surface area is 343 Å². The van der Waals surface area contributed by atoms with Gasteiger partial charge >= 0.3 is 11.9 Å². The summed E-state index contributed by atoms with van der Waals surface area (Å²) in [6.45, 7) is 5.84. The highest BCUT2D eigenvalue weighted by Gasteiger charge is 2.12. The number of nitrogens with zero attached hydrogens (tertiary/aromatic N) is 1. The summed E-state index contributed by atoms with van der Waals surface area (Å²) in [7, 11) is 0. The lowest BCUT2D eigenvalue weighted by atomic mass is 10.0. The highest BCUT2D eigenvalue weighted by molar-refractivity contribution is 6.33. The molecule has 0 spiro atoms. The van der Waals surface area contributed by atoms with Crippen molar-refractivity contribution in [3.8, 4) is 34.1 Å². The second-order valence-corrected chi connectivity index (χ2v) is 14.5. The molecule has 298 valence electrons. The average molecular weight is 788 g/mol. The van der Waals surface area contributed by atoms with Crippen molar-refractivity contribution in [2.45, 2.75) is 90.9 Å². The second-order valence-electron chi connectivity index (χ2n) is 14.1. The highest BCUT2D eigenvalue weighted by Crippen LogP contribution is 2.30. The number of ether oxygens (including phenoxy) is 4. The second kappa shape index (κ2) is 23.6. The van der Waals surface area contributed by atoms with Crippen molar-refractivity contribution in [3.63, 3.8) is 0 Å². The number of halogens is 1. The molecule has 0 saturated carbocycles. The lowest BCUT2D eigenvalue weighted by molar-refractivity contribution is 0.0725. The van der Waals surface area contributed by atoms with Gasteiger partial charge in [-0.1, -0.05) is 114 Å². The Balaban J connectivity index is 1.07. The molecule has 0 atom stereocenters. The van der Waals surface area contributed by atoms with E-state index in [9.17, 15) is 9.59 Å². The van der Waals surface area contributed by atoms with Crippen LogP contribution in [-0.4, -0.2) is 31.4 Å². The maximum absolute atomic E-state index is 13.0. The summed E-state index contributed by atoms with van der Waals surface area (Å²) in [6.07, 6.45) is 16.3. The van der Waals surface area contributed by atoms with Gasteiger partial charge in [-0.15, -0.1) is 0 Å². The Morgan fingerprint density at radius 3 is 1.47 bits per heavy atom. The molecule has 0 aliphatic rings. The zero-order chi connectivity index (χ0) is 40.1. The molecule has 0 saturated heterocycles. The van der Waals surface area contributed by atoms with E-state index in [1.165, 1.54) is 57.8 Å². The molecule has 0 amide bonds. The van der Waals surface area contributed by atoms with Crippen LogP contribution in [0.25, 0.3) is 11.1 Å². The Kier molecular flexibility index (Phi) is 17.7. The number of carbonyl (C=O) groups is 2. The van der Waals surface area contributed by atoms with Crippen molar-refractivity contribution in [3.05, 3.63) is 137 Å². The van der Waals surface area contributed by atoms with E-state index in [1.807, 2.05) is 36.4 Å². The molecule has 0 bridgehead atoms. The average Bonchev–Trinajstić information content (AvgIpc) is 3.24. The van der Waals surface area contributed by atoms with Crippen LogP contribution < -0.4 is 18.9 Å². The summed E-state index contributed by atoms with van der Waals surface area (Å²) in [5.74, 6) is 1.37. The molecule has 8 heteroatoms. The van der Waals surface area contributed by atoms with E-state index in [-0.39, 0.29) is 0 Å². The fraction of sp³-hybridized carbons (Fsp3) is 0.327. The van der Waals surface area contributed by atoms with Crippen molar-refractivity contribution >= 4 is 35.4 Å². The van der Waals surface area contributed by atoms with Crippen molar-refractivity contribution in [1.29, 1.82) is 0 Å². The van der Waals surface area contributed by atoms with Gasteiger partial charge in [0.1, 0.15) is 23.0 Å². The summed E-state index contributed by atoms with van der Waals surface area (Å²) in [5.41, 5.74) is 4.07. The quantitative estimate of drug-likeness (QED) is 0.0284. The van der Waals surface area contributed by atoms with E-state index in [4.69, 9.17) is 30.5 Å². The van der Waals surface area contributed by atoms with Crippen molar-refractivity contribution in [2.24, 2.45) is 4.99 Å². The minimum Gasteiger partial charge on any atom is -0.494 e. The molecule has 5 aromatic carbocycles. The fourth-order valence-electron chi connectivity index (χ4n) is 6.13. The van der Waals surface area contributed by atoms with Crippen LogP contribution in [0.3, 0.4) is 0 Å². The number of aliphatic imine (C=N–C) groups is 1. The SMILES string of the molecule is CCCCCCCCOc1ccc(C(=O)Oc2ccc(C=Nc3cc(OC(=O)c4ccc(-c5ccc(OCCCCCCCC)cc5)cc4)ccc3Cl)cc2)cc1. The van der Waals surface area contributed by atoms with E-state index in [1.54, 1.807) is 85.1 Å². The van der Waals surface area contributed by atoms with E-state index < -0.39 is 11.9 Å². The fourth-order valence-corrected chi connectivity index (χ4v) is 6.29. The molecule has 5 aromatic rings. The zero-order valence-electron chi connectivity index (χ0n) is 33.2. The standard InChI is InChI=1S/C49H54ClNO6/c1-3-5-7-9-11-13-33-54-42-27-21-39(22-28-42)38-17-19-40(20-18-38)49(53)57-45-31-32-46(50)47(35-45)51-36-37-15-25-44(26-16-37)56-48(52)41-23-29-43(30-24-41)55-34-14-12-10-8-6-4-2/h15-32,35-36H,3-14,33-34H2,1-2H3. The van der Waals surface area contributed by atoms with Gasteiger partial charge in [0, 0.05) is 12.3 Å². The monoisotopic (exact) mass is 787 g/mol. The number of rotatable bonds is 23. The van der Waals surface area contributed by atoms with Gasteiger partial charge in [-0.25, -0.2) is 9.59 Å². The molecule has 0 N–H and O–H groups in total. The summed E-state index contributed by atoms with van der Waals surface area (Å²) in [6, 6.07) is 34.2. The number of unbranched alkanes of at least 4 members (excludes halogenated alkanes) is 10. The maximum atomic E-state index is 13.0. The molecular formula is C49H54ClNO6. The van der Waals surface area contributed by atoms with E-state index in [0.29, 0.717) is 39.9 Å². The predicted octanol–water partition coefficient (Wildman–Crippen LogP) is 13.7. The number of hydrogen-bond acceptors (Lipinski definition) is 7. The normalized spacial score (nSPS) is 11.1. The molecule has 0 aliphatic heterocycles. The minimum atomic E-state index is -0.491. The molecular weight excluding hydrogens is 734 g/mol. The Hall–Kier alpha value is -5.40. The lowest BCUT2D eigenvalue weighted by Crippen LogP contribution is -2.08. The first-order valence-corrected chi connectivity index (χ1v) is 20.7. The van der Waals surface area contributed by atoms with Crippen molar-refractivity contribution in [1.82, 2.24) is 0 Å². The van der Waals surface area contributed by atoms with Crippen LogP contribution >= 0.6 is 11.6 Å². The van der Waals surface area contributed by atoms with E-state index in [0.717, 1.165) is 54.1 Å². The van der Waals surface area contributed by atoms with Gasteiger partial charge in [0.25, 0.3) is 0 Å². The number of esters is 2. The molecule has 0 radical (unpaired) electrons. The van der Waals surface area contributed by atoms with Crippen LogP contribution in [0.4, 0.5) is 5.69 Å². The van der Waals surface area contributed by atoms with Crippen LogP contribution in [0.2, 0.25) is 5.02 Å². The first-order chi connectivity index (χ1) is 27.9. The van der Waals surface area contributed by atoms with Gasteiger partial charge in [0.2, 0.25) is 0 Å². The van der Waals surface area contributed by atoms with Crippen LogP contribution in [0, 0.1) is 0 Å². The van der Waals surface area contributed by atoms with Crippen molar-refractivity contribution in [2.75, 3.05) is 13.2 Å². The zero-order valence-corrected chi connectivity index (χ0v) is 34.0. The summed E-state index contributed by atoms with van der Waals surface area (Å²) in [5, 5.41) is 0.401. The summed E-state index contributed by atoms with van der Waals surface area (Å²) in [4.78, 5) is 30.3. The molecule has 57 heavy (non-hydrogen) atoms.